The van der Waals surface area contributed by atoms with Gasteiger partial charge in [-0.15, -0.1) is 11.3 Å². The molecule has 0 spiro atoms. The van der Waals surface area contributed by atoms with Crippen LogP contribution in [0.25, 0.3) is 0 Å². The summed E-state index contributed by atoms with van der Waals surface area (Å²) in [5.74, 6) is 0.437. The smallest absolute Gasteiger partial charge is 0.220 e. The third-order valence-electron chi connectivity index (χ3n) is 3.14. The van der Waals surface area contributed by atoms with Gasteiger partial charge in [0.2, 0.25) is 5.91 Å². The molecule has 0 aliphatic heterocycles. The predicted octanol–water partition coefficient (Wildman–Crippen LogP) is 2.74. The molecule has 0 atom stereocenters. The summed E-state index contributed by atoms with van der Waals surface area (Å²) in [6, 6.07) is 8.37. The van der Waals surface area contributed by atoms with Gasteiger partial charge in [-0.05, 0) is 29.6 Å². The van der Waals surface area contributed by atoms with E-state index in [4.69, 9.17) is 4.74 Å². The molecular formula is C16H17NO4S. The number of nitrogens with one attached hydrogen (secondary N) is 1. The minimum atomic E-state index is -0.230. The highest BCUT2D eigenvalue weighted by molar-refractivity contribution is 7.12. The average Bonchev–Trinajstić information content (AvgIpc) is 3.06. The minimum Gasteiger partial charge on any atom is -0.508 e. The van der Waals surface area contributed by atoms with Crippen LogP contribution in [-0.2, 0) is 11.3 Å². The van der Waals surface area contributed by atoms with E-state index in [9.17, 15) is 14.7 Å². The first-order valence-electron chi connectivity index (χ1n) is 6.79. The number of rotatable bonds is 7. The molecule has 1 amide bonds. The molecule has 0 unspecified atom stereocenters. The largest absolute Gasteiger partial charge is 0.508 e. The Labute approximate surface area is 132 Å². The van der Waals surface area contributed by atoms with Gasteiger partial charge in [-0.2, -0.15) is 0 Å². The number of thiophene rings is 1. The van der Waals surface area contributed by atoms with Crippen LogP contribution in [0.2, 0.25) is 0 Å². The van der Waals surface area contributed by atoms with E-state index in [1.54, 1.807) is 18.2 Å². The lowest BCUT2D eigenvalue weighted by Crippen LogP contribution is -2.23. The molecule has 5 nitrogen and oxygen atoms in total. The molecule has 0 aliphatic carbocycles. The fourth-order valence-corrected chi connectivity index (χ4v) is 2.59. The van der Waals surface area contributed by atoms with E-state index >= 15 is 0 Å². The third-order valence-corrected chi connectivity index (χ3v) is 4.05. The summed E-state index contributed by atoms with van der Waals surface area (Å²) in [6.45, 7) is 0.190. The lowest BCUT2D eigenvalue weighted by Gasteiger charge is -2.08. The van der Waals surface area contributed by atoms with Gasteiger partial charge in [-0.1, -0.05) is 6.07 Å². The maximum atomic E-state index is 11.8. The Morgan fingerprint density at radius 2 is 2.09 bits per heavy atom. The van der Waals surface area contributed by atoms with E-state index in [1.165, 1.54) is 24.5 Å². The first-order valence-corrected chi connectivity index (χ1v) is 7.67. The van der Waals surface area contributed by atoms with E-state index in [0.717, 1.165) is 0 Å². The highest BCUT2D eigenvalue weighted by Gasteiger charge is 2.11. The van der Waals surface area contributed by atoms with Crippen LogP contribution < -0.4 is 10.1 Å². The summed E-state index contributed by atoms with van der Waals surface area (Å²) in [6.07, 6.45) is 0.303. The molecule has 1 aromatic heterocycles. The van der Waals surface area contributed by atoms with Gasteiger partial charge in [0.25, 0.3) is 0 Å². The van der Waals surface area contributed by atoms with Crippen molar-refractivity contribution in [3.05, 3.63) is 46.2 Å². The van der Waals surface area contributed by atoms with Crippen molar-refractivity contribution < 1.29 is 19.4 Å². The monoisotopic (exact) mass is 319 g/mol. The molecule has 6 heteroatoms. The van der Waals surface area contributed by atoms with E-state index in [-0.39, 0.29) is 36.8 Å². The number of hydrogen-bond acceptors (Lipinski definition) is 5. The zero-order valence-electron chi connectivity index (χ0n) is 12.2. The van der Waals surface area contributed by atoms with Gasteiger partial charge < -0.3 is 15.2 Å². The fraction of sp³-hybridized carbons (Fsp3) is 0.250. The van der Waals surface area contributed by atoms with Crippen LogP contribution in [0, 0.1) is 0 Å². The minimum absolute atomic E-state index is 0.0330. The average molecular weight is 319 g/mol. The van der Waals surface area contributed by atoms with Crippen LogP contribution >= 0.6 is 11.3 Å². The van der Waals surface area contributed by atoms with Crippen LogP contribution in [0.15, 0.2) is 35.7 Å². The number of hydrogen-bond donors (Lipinski definition) is 2. The number of aromatic hydroxyl groups is 1. The number of benzene rings is 1. The van der Waals surface area contributed by atoms with Crippen molar-refractivity contribution in [2.24, 2.45) is 0 Å². The number of methoxy groups -OCH3 is 1. The SMILES string of the molecule is COc1ccc(O)c(CNC(=O)CCC(=O)c2cccs2)c1. The number of phenols is 1. The molecule has 1 aromatic carbocycles. The Hall–Kier alpha value is -2.34. The molecule has 116 valence electrons. The lowest BCUT2D eigenvalue weighted by molar-refractivity contribution is -0.121. The fourth-order valence-electron chi connectivity index (χ4n) is 1.90. The number of carbonyl (C=O) groups is 2. The Bertz CT molecular complexity index is 652. The number of amides is 1. The number of ketones is 1. The molecular weight excluding hydrogens is 302 g/mol. The standard InChI is InChI=1S/C16H17NO4S/c1-21-12-4-5-13(18)11(9-12)10-17-16(20)7-6-14(19)15-3-2-8-22-15/h2-5,8-9,18H,6-7,10H2,1H3,(H,17,20). The maximum Gasteiger partial charge on any atom is 0.220 e. The second kappa shape index (κ2) is 7.61. The molecule has 2 rings (SSSR count). The van der Waals surface area contributed by atoms with Crippen molar-refractivity contribution in [3.8, 4) is 11.5 Å². The van der Waals surface area contributed by atoms with Crippen LogP contribution in [0.1, 0.15) is 28.1 Å². The molecule has 1 heterocycles. The van der Waals surface area contributed by atoms with E-state index in [2.05, 4.69) is 5.32 Å². The van der Waals surface area contributed by atoms with Crippen molar-refractivity contribution in [2.75, 3.05) is 7.11 Å². The van der Waals surface area contributed by atoms with Gasteiger partial charge >= 0.3 is 0 Å². The predicted molar refractivity (Wildman–Crippen MR) is 84.4 cm³/mol. The van der Waals surface area contributed by atoms with Gasteiger partial charge in [0.15, 0.2) is 5.78 Å². The van der Waals surface area contributed by atoms with Crippen LogP contribution in [-0.4, -0.2) is 23.9 Å². The Morgan fingerprint density at radius 3 is 2.77 bits per heavy atom. The molecule has 0 saturated heterocycles. The molecule has 0 bridgehead atoms. The molecule has 0 aliphatic rings. The Balaban J connectivity index is 1.82. The van der Waals surface area contributed by atoms with Crippen LogP contribution in [0.4, 0.5) is 0 Å². The first-order chi connectivity index (χ1) is 10.6. The number of Topliss-reactive ketones (excluding diaryl/α,β-unsaturated/α-hetero) is 1. The summed E-state index contributed by atoms with van der Waals surface area (Å²) >= 11 is 1.37. The number of ether oxygens (including phenoxy) is 1. The second-order valence-electron chi connectivity index (χ2n) is 4.67. The molecule has 22 heavy (non-hydrogen) atoms. The first kappa shape index (κ1) is 16.0. The van der Waals surface area contributed by atoms with E-state index in [1.807, 2.05) is 11.4 Å². The molecule has 0 radical (unpaired) electrons. The molecule has 2 N–H and O–H groups in total. The van der Waals surface area contributed by atoms with E-state index < -0.39 is 0 Å². The Kier molecular flexibility index (Phi) is 5.55. The van der Waals surface area contributed by atoms with Gasteiger partial charge in [0.05, 0.1) is 12.0 Å². The second-order valence-corrected chi connectivity index (χ2v) is 5.62. The number of carbonyl (C=O) groups excluding carboxylic acids is 2. The third kappa shape index (κ3) is 4.33. The zero-order valence-corrected chi connectivity index (χ0v) is 13.0. The molecule has 0 fully saturated rings. The van der Waals surface area contributed by atoms with Gasteiger partial charge in [-0.3, -0.25) is 9.59 Å². The van der Waals surface area contributed by atoms with Crippen LogP contribution in [0.3, 0.4) is 0 Å². The lowest BCUT2D eigenvalue weighted by atomic mass is 10.1. The quantitative estimate of drug-likeness (QED) is 0.770. The number of phenolic OH excluding ortho intramolecular Hbond substituents is 1. The summed E-state index contributed by atoms with van der Waals surface area (Å²) in [7, 11) is 1.53. The van der Waals surface area contributed by atoms with Gasteiger partial charge in [0.1, 0.15) is 11.5 Å². The van der Waals surface area contributed by atoms with E-state index in [0.29, 0.717) is 16.2 Å². The maximum absolute atomic E-state index is 11.8. The highest BCUT2D eigenvalue weighted by atomic mass is 32.1. The van der Waals surface area contributed by atoms with Crippen molar-refractivity contribution in [1.82, 2.24) is 5.32 Å². The van der Waals surface area contributed by atoms with Gasteiger partial charge in [-0.25, -0.2) is 0 Å². The Morgan fingerprint density at radius 1 is 1.27 bits per heavy atom. The van der Waals surface area contributed by atoms with Crippen molar-refractivity contribution in [1.29, 1.82) is 0 Å². The van der Waals surface area contributed by atoms with Crippen molar-refractivity contribution in [3.63, 3.8) is 0 Å². The summed E-state index contributed by atoms with van der Waals surface area (Å²) in [5.41, 5.74) is 0.567. The summed E-state index contributed by atoms with van der Waals surface area (Å²) in [4.78, 5) is 24.2. The molecule has 0 saturated carbocycles. The summed E-state index contributed by atoms with van der Waals surface area (Å²) < 4.78 is 5.07. The zero-order chi connectivity index (χ0) is 15.9. The van der Waals surface area contributed by atoms with Crippen molar-refractivity contribution >= 4 is 23.0 Å². The van der Waals surface area contributed by atoms with Gasteiger partial charge in [0, 0.05) is 24.9 Å². The molecule has 2 aromatic rings. The highest BCUT2D eigenvalue weighted by Crippen LogP contribution is 2.22. The van der Waals surface area contributed by atoms with Crippen molar-refractivity contribution in [2.45, 2.75) is 19.4 Å². The summed E-state index contributed by atoms with van der Waals surface area (Å²) in [5, 5.41) is 14.2. The van der Waals surface area contributed by atoms with Crippen LogP contribution in [0.5, 0.6) is 11.5 Å². The topological polar surface area (TPSA) is 75.6 Å². The normalized spacial score (nSPS) is 10.2.